The number of carbonyl (C=O) groups is 1. The van der Waals surface area contributed by atoms with E-state index in [0.717, 1.165) is 11.1 Å². The molecule has 0 N–H and O–H groups in total. The van der Waals surface area contributed by atoms with Gasteiger partial charge in [0.15, 0.2) is 5.78 Å². The number of hydrogen-bond donors (Lipinski definition) is 0. The van der Waals surface area contributed by atoms with Crippen LogP contribution in [0.2, 0.25) is 0 Å². The number of hydrogen-bond acceptors (Lipinski definition) is 5. The number of benzene rings is 2. The lowest BCUT2D eigenvalue weighted by molar-refractivity contribution is 0.0993. The summed E-state index contributed by atoms with van der Waals surface area (Å²) in [6, 6.07) is 11.8. The van der Waals surface area contributed by atoms with E-state index in [0.29, 0.717) is 16.4 Å². The van der Waals surface area contributed by atoms with Crippen LogP contribution in [0.15, 0.2) is 47.6 Å². The molecule has 0 radical (unpaired) electrons. The summed E-state index contributed by atoms with van der Waals surface area (Å²) in [7, 11) is 0. The fourth-order valence-electron chi connectivity index (χ4n) is 2.45. The first-order valence-electron chi connectivity index (χ1n) is 7.78. The average molecular weight is 356 g/mol. The van der Waals surface area contributed by atoms with Crippen molar-refractivity contribution >= 4 is 17.5 Å². The van der Waals surface area contributed by atoms with Crippen LogP contribution in [0.4, 0.5) is 4.39 Å². The number of aryl methyl sites for hydroxylation is 2. The normalized spacial score (nSPS) is 12.2. The first kappa shape index (κ1) is 17.3. The summed E-state index contributed by atoms with van der Waals surface area (Å²) in [5.41, 5.74) is 3.19. The van der Waals surface area contributed by atoms with Crippen molar-refractivity contribution < 1.29 is 9.18 Å². The van der Waals surface area contributed by atoms with Crippen LogP contribution in [0.25, 0.3) is 5.69 Å². The van der Waals surface area contributed by atoms with Gasteiger partial charge >= 0.3 is 0 Å². The third kappa shape index (κ3) is 3.76. The number of halogens is 1. The van der Waals surface area contributed by atoms with Gasteiger partial charge in [0.2, 0.25) is 5.16 Å². The summed E-state index contributed by atoms with van der Waals surface area (Å²) in [6.45, 7) is 5.69. The van der Waals surface area contributed by atoms with Crippen LogP contribution in [-0.2, 0) is 0 Å². The Kier molecular flexibility index (Phi) is 4.94. The highest BCUT2D eigenvalue weighted by atomic mass is 32.2. The average Bonchev–Trinajstić information content (AvgIpc) is 3.04. The summed E-state index contributed by atoms with van der Waals surface area (Å²) < 4.78 is 14.9. The largest absolute Gasteiger partial charge is 0.293 e. The van der Waals surface area contributed by atoms with E-state index in [1.807, 2.05) is 39.0 Å². The maximum absolute atomic E-state index is 13.4. The fraction of sp³-hybridized carbons (Fsp3) is 0.222. The molecule has 0 bridgehead atoms. The Bertz CT molecular complexity index is 925. The summed E-state index contributed by atoms with van der Waals surface area (Å²) in [5.74, 6) is -0.358. The second-order valence-electron chi connectivity index (χ2n) is 5.80. The summed E-state index contributed by atoms with van der Waals surface area (Å²) in [6.07, 6.45) is 0. The third-order valence-electron chi connectivity index (χ3n) is 3.80. The van der Waals surface area contributed by atoms with E-state index in [-0.39, 0.29) is 16.9 Å². The maximum Gasteiger partial charge on any atom is 0.214 e. The van der Waals surface area contributed by atoms with Crippen molar-refractivity contribution in [3.63, 3.8) is 0 Å². The highest BCUT2D eigenvalue weighted by Gasteiger charge is 2.22. The molecule has 0 fully saturated rings. The lowest BCUT2D eigenvalue weighted by atomic mass is 10.0. The van der Waals surface area contributed by atoms with Gasteiger partial charge in [-0.2, -0.15) is 4.68 Å². The van der Waals surface area contributed by atoms with Crippen molar-refractivity contribution in [2.24, 2.45) is 0 Å². The third-order valence-corrected chi connectivity index (χ3v) is 4.84. The quantitative estimate of drug-likeness (QED) is 0.514. The van der Waals surface area contributed by atoms with Crippen molar-refractivity contribution in [3.05, 3.63) is 65.0 Å². The fourth-order valence-corrected chi connectivity index (χ4v) is 3.33. The van der Waals surface area contributed by atoms with Crippen LogP contribution >= 0.6 is 11.8 Å². The van der Waals surface area contributed by atoms with E-state index >= 15 is 0 Å². The van der Waals surface area contributed by atoms with Crippen LogP contribution in [0.5, 0.6) is 0 Å². The van der Waals surface area contributed by atoms with Gasteiger partial charge in [-0.15, -0.1) is 5.10 Å². The zero-order valence-electron chi connectivity index (χ0n) is 14.1. The maximum atomic E-state index is 13.4. The molecular formula is C18H17FN4OS. The molecule has 0 saturated carbocycles. The first-order valence-corrected chi connectivity index (χ1v) is 8.66. The van der Waals surface area contributed by atoms with Crippen LogP contribution in [-0.4, -0.2) is 31.2 Å². The van der Waals surface area contributed by atoms with Crippen molar-refractivity contribution in [1.82, 2.24) is 20.2 Å². The molecule has 5 nitrogen and oxygen atoms in total. The van der Waals surface area contributed by atoms with Gasteiger partial charge in [-0.25, -0.2) is 4.39 Å². The van der Waals surface area contributed by atoms with Gasteiger partial charge in [0.05, 0.1) is 10.9 Å². The van der Waals surface area contributed by atoms with Crippen LogP contribution in [0.3, 0.4) is 0 Å². The van der Waals surface area contributed by atoms with E-state index in [1.54, 1.807) is 12.1 Å². The number of carbonyl (C=O) groups excluding carboxylic acids is 1. The molecule has 0 aliphatic carbocycles. The number of thioether (sulfide) groups is 1. The molecule has 1 aromatic heterocycles. The Balaban J connectivity index is 1.85. The number of tetrazole rings is 1. The van der Waals surface area contributed by atoms with Crippen molar-refractivity contribution in [3.8, 4) is 5.69 Å². The van der Waals surface area contributed by atoms with Crippen LogP contribution in [0, 0.1) is 19.7 Å². The Morgan fingerprint density at radius 3 is 2.76 bits per heavy atom. The number of rotatable bonds is 5. The minimum Gasteiger partial charge on any atom is -0.293 e. The molecule has 2 aromatic carbocycles. The molecule has 25 heavy (non-hydrogen) atoms. The predicted octanol–water partition coefficient (Wildman–Crippen LogP) is 3.78. The number of aromatic nitrogens is 4. The molecule has 0 aliphatic heterocycles. The number of nitrogens with zero attached hydrogens (tertiary/aromatic N) is 4. The van der Waals surface area contributed by atoms with Gasteiger partial charge in [0.25, 0.3) is 0 Å². The number of ketones is 1. The van der Waals surface area contributed by atoms with E-state index in [2.05, 4.69) is 15.5 Å². The topological polar surface area (TPSA) is 60.7 Å². The highest BCUT2D eigenvalue weighted by molar-refractivity contribution is 8.00. The summed E-state index contributed by atoms with van der Waals surface area (Å²) in [5, 5.41) is 11.6. The second-order valence-corrected chi connectivity index (χ2v) is 7.10. The minimum atomic E-state index is -0.376. The van der Waals surface area contributed by atoms with Gasteiger partial charge in [0, 0.05) is 5.56 Å². The zero-order chi connectivity index (χ0) is 18.0. The molecule has 0 amide bonds. The van der Waals surface area contributed by atoms with Gasteiger partial charge in [0.1, 0.15) is 5.82 Å². The molecular weight excluding hydrogens is 339 g/mol. The standard InChI is InChI=1S/C18H17FN4OS/c1-11-7-8-12(2)16(9-11)17(24)13(3)25-18-20-21-22-23(18)15-6-4-5-14(19)10-15/h4-10,13H,1-3H3/t13-/m0/s1. The minimum absolute atomic E-state index is 0.0139. The molecule has 7 heteroatoms. The Hall–Kier alpha value is -2.54. The molecule has 1 heterocycles. The SMILES string of the molecule is Cc1ccc(C)c(C(=O)[C@H](C)Sc2nnnn2-c2cccc(F)c2)c1. The Morgan fingerprint density at radius 1 is 1.20 bits per heavy atom. The molecule has 128 valence electrons. The van der Waals surface area contributed by atoms with E-state index in [9.17, 15) is 9.18 Å². The van der Waals surface area contributed by atoms with E-state index in [4.69, 9.17) is 0 Å². The highest BCUT2D eigenvalue weighted by Crippen LogP contribution is 2.26. The van der Waals surface area contributed by atoms with Crippen molar-refractivity contribution in [1.29, 1.82) is 0 Å². The van der Waals surface area contributed by atoms with E-state index in [1.165, 1.54) is 28.6 Å². The smallest absolute Gasteiger partial charge is 0.214 e. The molecule has 0 unspecified atom stereocenters. The predicted molar refractivity (Wildman–Crippen MR) is 94.7 cm³/mol. The Labute approximate surface area is 149 Å². The summed E-state index contributed by atoms with van der Waals surface area (Å²) in [4.78, 5) is 12.8. The molecule has 0 spiro atoms. The van der Waals surface area contributed by atoms with Crippen LogP contribution in [0.1, 0.15) is 28.4 Å². The Morgan fingerprint density at radius 2 is 2.00 bits per heavy atom. The van der Waals surface area contributed by atoms with Gasteiger partial charge in [-0.3, -0.25) is 4.79 Å². The van der Waals surface area contributed by atoms with Crippen molar-refractivity contribution in [2.45, 2.75) is 31.2 Å². The van der Waals surface area contributed by atoms with E-state index < -0.39 is 0 Å². The molecule has 3 aromatic rings. The van der Waals surface area contributed by atoms with Gasteiger partial charge < -0.3 is 0 Å². The van der Waals surface area contributed by atoms with Gasteiger partial charge in [-0.05, 0) is 61.0 Å². The van der Waals surface area contributed by atoms with Crippen LogP contribution < -0.4 is 0 Å². The summed E-state index contributed by atoms with van der Waals surface area (Å²) >= 11 is 1.25. The lowest BCUT2D eigenvalue weighted by Crippen LogP contribution is -2.16. The monoisotopic (exact) mass is 356 g/mol. The molecule has 0 saturated heterocycles. The molecule has 3 rings (SSSR count). The molecule has 1 atom stereocenters. The second kappa shape index (κ2) is 7.14. The molecule has 0 aliphatic rings. The number of Topliss-reactive ketones (excluding diaryl/α,β-unsaturated/α-hetero) is 1. The zero-order valence-corrected chi connectivity index (χ0v) is 14.9. The van der Waals surface area contributed by atoms with Crippen molar-refractivity contribution in [2.75, 3.05) is 0 Å². The van der Waals surface area contributed by atoms with Gasteiger partial charge in [-0.1, -0.05) is 35.5 Å². The lowest BCUT2D eigenvalue weighted by Gasteiger charge is -2.12. The first-order chi connectivity index (χ1) is 12.0.